The number of halogens is 2. The fraction of sp³-hybridized carbons (Fsp3) is 0.154. The van der Waals surface area contributed by atoms with Gasteiger partial charge in [-0.3, -0.25) is 4.79 Å². The van der Waals surface area contributed by atoms with E-state index in [0.717, 1.165) is 5.56 Å². The van der Waals surface area contributed by atoms with E-state index in [1.54, 1.807) is 30.6 Å². The Balaban J connectivity index is 2.00. The van der Waals surface area contributed by atoms with Crippen LogP contribution in [-0.4, -0.2) is 21.6 Å². The summed E-state index contributed by atoms with van der Waals surface area (Å²) in [6.45, 7) is 1.85. The smallest absolute Gasteiger partial charge is 0.234 e. The van der Waals surface area contributed by atoms with E-state index >= 15 is 0 Å². The molecule has 1 N–H and O–H groups in total. The first-order chi connectivity index (χ1) is 9.58. The van der Waals surface area contributed by atoms with Crippen molar-refractivity contribution < 1.29 is 4.79 Å². The first-order valence-electron chi connectivity index (χ1n) is 5.72. The van der Waals surface area contributed by atoms with Crippen LogP contribution in [0.25, 0.3) is 0 Å². The molecule has 1 amide bonds. The Hall–Kier alpha value is -1.30. The molecule has 0 atom stereocenters. The quantitative estimate of drug-likeness (QED) is 0.685. The van der Waals surface area contributed by atoms with Gasteiger partial charge in [-0.2, -0.15) is 0 Å². The van der Waals surface area contributed by atoms with Crippen molar-refractivity contribution in [1.82, 2.24) is 9.97 Å². The number of aromatic nitrogens is 2. The minimum Gasteiger partial charge on any atom is -0.323 e. The van der Waals surface area contributed by atoms with Gasteiger partial charge in [0.15, 0.2) is 5.16 Å². The van der Waals surface area contributed by atoms with Gasteiger partial charge in [0, 0.05) is 12.4 Å². The topological polar surface area (TPSA) is 54.9 Å². The molecule has 2 rings (SSSR count). The molecule has 20 heavy (non-hydrogen) atoms. The summed E-state index contributed by atoms with van der Waals surface area (Å²) in [7, 11) is 0. The van der Waals surface area contributed by atoms with E-state index in [1.807, 2.05) is 6.92 Å². The van der Waals surface area contributed by atoms with Crippen LogP contribution in [0.4, 0.5) is 5.69 Å². The van der Waals surface area contributed by atoms with Gasteiger partial charge in [0.1, 0.15) is 0 Å². The van der Waals surface area contributed by atoms with Gasteiger partial charge in [0.25, 0.3) is 0 Å². The molecule has 4 nitrogen and oxygen atoms in total. The Bertz CT molecular complexity index is 623. The van der Waals surface area contributed by atoms with Gasteiger partial charge in [-0.15, -0.1) is 0 Å². The van der Waals surface area contributed by atoms with Crippen LogP contribution in [-0.2, 0) is 4.79 Å². The van der Waals surface area contributed by atoms with Crippen LogP contribution in [0.5, 0.6) is 0 Å². The summed E-state index contributed by atoms with van der Waals surface area (Å²) < 4.78 is 0. The fourth-order valence-corrected chi connectivity index (χ4v) is 2.51. The molecule has 0 aliphatic carbocycles. The van der Waals surface area contributed by atoms with Gasteiger partial charge in [-0.05, 0) is 24.6 Å². The molecule has 0 saturated carbocycles. The van der Waals surface area contributed by atoms with Crippen LogP contribution in [0, 0.1) is 6.92 Å². The number of benzene rings is 1. The zero-order valence-electron chi connectivity index (χ0n) is 10.6. The van der Waals surface area contributed by atoms with Gasteiger partial charge in [-0.25, -0.2) is 9.97 Å². The molecule has 0 saturated heterocycles. The Morgan fingerprint density at radius 3 is 2.70 bits per heavy atom. The van der Waals surface area contributed by atoms with Gasteiger partial charge in [0.2, 0.25) is 5.91 Å². The molecule has 0 radical (unpaired) electrons. The highest BCUT2D eigenvalue weighted by atomic mass is 35.5. The fourth-order valence-electron chi connectivity index (χ4n) is 1.44. The Kier molecular flexibility index (Phi) is 5.23. The van der Waals surface area contributed by atoms with Crippen molar-refractivity contribution in [2.24, 2.45) is 0 Å². The van der Waals surface area contributed by atoms with Crippen molar-refractivity contribution in [2.75, 3.05) is 11.1 Å². The second kappa shape index (κ2) is 6.92. The van der Waals surface area contributed by atoms with Crippen LogP contribution in [0.1, 0.15) is 5.56 Å². The van der Waals surface area contributed by atoms with Crippen molar-refractivity contribution in [1.29, 1.82) is 0 Å². The number of aryl methyl sites for hydroxylation is 1. The van der Waals surface area contributed by atoms with E-state index < -0.39 is 0 Å². The van der Waals surface area contributed by atoms with Crippen LogP contribution in [0.15, 0.2) is 35.7 Å². The molecule has 1 aromatic carbocycles. The van der Waals surface area contributed by atoms with E-state index in [-0.39, 0.29) is 11.7 Å². The predicted molar refractivity (Wildman–Crippen MR) is 82.6 cm³/mol. The average Bonchev–Trinajstić information content (AvgIpc) is 2.46. The maximum atomic E-state index is 11.9. The highest BCUT2D eigenvalue weighted by molar-refractivity contribution is 7.99. The van der Waals surface area contributed by atoms with E-state index in [4.69, 9.17) is 23.2 Å². The molecule has 1 heterocycles. The van der Waals surface area contributed by atoms with E-state index in [1.165, 1.54) is 11.8 Å². The first kappa shape index (κ1) is 15.1. The van der Waals surface area contributed by atoms with E-state index in [9.17, 15) is 4.79 Å². The van der Waals surface area contributed by atoms with Gasteiger partial charge in [-0.1, -0.05) is 41.0 Å². The Morgan fingerprint density at radius 1 is 1.30 bits per heavy atom. The Morgan fingerprint density at radius 2 is 2.00 bits per heavy atom. The van der Waals surface area contributed by atoms with Crippen molar-refractivity contribution >= 4 is 46.6 Å². The van der Waals surface area contributed by atoms with Crippen LogP contribution >= 0.6 is 35.0 Å². The molecule has 0 aliphatic rings. The number of rotatable bonds is 4. The summed E-state index contributed by atoms with van der Waals surface area (Å²) in [6, 6.07) is 5.22. The third-order valence-electron chi connectivity index (χ3n) is 2.42. The van der Waals surface area contributed by atoms with Gasteiger partial charge < -0.3 is 5.32 Å². The molecule has 0 unspecified atom stereocenters. The number of thioether (sulfide) groups is 1. The highest BCUT2D eigenvalue weighted by Gasteiger charge is 2.12. The zero-order valence-corrected chi connectivity index (χ0v) is 12.9. The lowest BCUT2D eigenvalue weighted by Gasteiger charge is -2.10. The summed E-state index contributed by atoms with van der Waals surface area (Å²) in [5.41, 5.74) is 1.29. The number of carbonyl (C=O) groups excluding carboxylic acids is 1. The largest absolute Gasteiger partial charge is 0.323 e. The minimum atomic E-state index is -0.211. The molecule has 104 valence electrons. The number of hydrogen-bond donors (Lipinski definition) is 1. The van der Waals surface area contributed by atoms with Crippen molar-refractivity contribution in [3.63, 3.8) is 0 Å². The number of hydrogen-bond acceptors (Lipinski definition) is 4. The lowest BCUT2D eigenvalue weighted by atomic mass is 10.2. The summed E-state index contributed by atoms with van der Waals surface area (Å²) in [5, 5.41) is 4.12. The van der Waals surface area contributed by atoms with Crippen LogP contribution in [0.3, 0.4) is 0 Å². The molecule has 2 aromatic rings. The van der Waals surface area contributed by atoms with Crippen LogP contribution < -0.4 is 5.32 Å². The number of anilines is 1. The molecule has 0 aliphatic heterocycles. The SMILES string of the molecule is Cc1ccc(Cl)c(NC(=O)CSc2ncccn2)c1Cl. The summed E-state index contributed by atoms with van der Waals surface area (Å²) in [6.07, 6.45) is 3.25. The molecule has 1 aromatic heterocycles. The number of nitrogens with zero attached hydrogens (tertiary/aromatic N) is 2. The second-order valence-electron chi connectivity index (χ2n) is 3.92. The maximum absolute atomic E-state index is 11.9. The number of amides is 1. The van der Waals surface area contributed by atoms with Crippen LogP contribution in [0.2, 0.25) is 10.0 Å². The second-order valence-corrected chi connectivity index (χ2v) is 5.65. The number of carbonyl (C=O) groups is 1. The molecule has 0 fully saturated rings. The van der Waals surface area contributed by atoms with Crippen molar-refractivity contribution in [3.8, 4) is 0 Å². The van der Waals surface area contributed by atoms with Gasteiger partial charge in [0.05, 0.1) is 21.5 Å². The zero-order chi connectivity index (χ0) is 14.5. The number of nitrogens with one attached hydrogen (secondary N) is 1. The summed E-state index contributed by atoms with van der Waals surface area (Å²) in [5.74, 6) is -0.0261. The third kappa shape index (κ3) is 3.85. The first-order valence-corrected chi connectivity index (χ1v) is 7.46. The maximum Gasteiger partial charge on any atom is 0.234 e. The molecule has 7 heteroatoms. The van der Waals surface area contributed by atoms with Crippen molar-refractivity contribution in [2.45, 2.75) is 12.1 Å². The monoisotopic (exact) mass is 327 g/mol. The average molecular weight is 328 g/mol. The Labute approximate surface area is 130 Å². The summed E-state index contributed by atoms with van der Waals surface area (Å²) in [4.78, 5) is 20.0. The van der Waals surface area contributed by atoms with Gasteiger partial charge >= 0.3 is 0 Å². The standard InChI is InChI=1S/C13H11Cl2N3OS/c1-8-3-4-9(14)12(11(8)15)18-10(19)7-20-13-16-5-2-6-17-13/h2-6H,7H2,1H3,(H,18,19). The molecular weight excluding hydrogens is 317 g/mol. The summed E-state index contributed by atoms with van der Waals surface area (Å²) >= 11 is 13.4. The predicted octanol–water partition coefficient (Wildman–Crippen LogP) is 3.82. The normalized spacial score (nSPS) is 10.3. The third-order valence-corrected chi connectivity index (χ3v) is 4.10. The minimum absolute atomic E-state index is 0.185. The van der Waals surface area contributed by atoms with E-state index in [2.05, 4.69) is 15.3 Å². The van der Waals surface area contributed by atoms with Crippen molar-refractivity contribution in [3.05, 3.63) is 46.2 Å². The lowest BCUT2D eigenvalue weighted by molar-refractivity contribution is -0.113. The molecule has 0 spiro atoms. The highest BCUT2D eigenvalue weighted by Crippen LogP contribution is 2.33. The molecule has 0 bridgehead atoms. The lowest BCUT2D eigenvalue weighted by Crippen LogP contribution is -2.15. The van der Waals surface area contributed by atoms with E-state index in [0.29, 0.717) is 20.9 Å². The molecular formula is C13H11Cl2N3OS.